The number of hydrogen-bond acceptors (Lipinski definition) is 5. The van der Waals surface area contributed by atoms with Crippen LogP contribution in [0.25, 0.3) is 0 Å². The number of methoxy groups -OCH3 is 1. The normalized spacial score (nSPS) is 10.2. The molecule has 19 heavy (non-hydrogen) atoms. The number of rotatable bonds is 9. The van der Waals surface area contributed by atoms with Gasteiger partial charge in [0.15, 0.2) is 0 Å². The lowest BCUT2D eigenvalue weighted by Gasteiger charge is -2.09. The highest BCUT2D eigenvalue weighted by Crippen LogP contribution is 2.24. The van der Waals surface area contributed by atoms with Gasteiger partial charge in [-0.25, -0.2) is 0 Å². The Morgan fingerprint density at radius 3 is 2.47 bits per heavy atom. The van der Waals surface area contributed by atoms with E-state index in [0.29, 0.717) is 0 Å². The Morgan fingerprint density at radius 2 is 1.89 bits per heavy atom. The van der Waals surface area contributed by atoms with E-state index in [0.717, 1.165) is 43.9 Å². The molecule has 6 heteroatoms. The van der Waals surface area contributed by atoms with Crippen LogP contribution in [0, 0.1) is 10.1 Å². The molecule has 0 heterocycles. The van der Waals surface area contributed by atoms with Gasteiger partial charge in [0.1, 0.15) is 0 Å². The number of benzene rings is 1. The summed E-state index contributed by atoms with van der Waals surface area (Å²) in [6, 6.07) is 4.98. The fourth-order valence-corrected chi connectivity index (χ4v) is 1.73. The molecule has 0 spiro atoms. The zero-order valence-electron chi connectivity index (χ0n) is 11.4. The lowest BCUT2D eigenvalue weighted by Crippen LogP contribution is -2.05. The topological polar surface area (TPSA) is 76.4 Å². The average molecular weight is 267 g/mol. The molecule has 0 aromatic heterocycles. The lowest BCUT2D eigenvalue weighted by molar-refractivity contribution is -0.384. The minimum atomic E-state index is -0.378. The van der Waals surface area contributed by atoms with Crippen molar-refractivity contribution in [3.63, 3.8) is 0 Å². The molecule has 2 N–H and O–H groups in total. The van der Waals surface area contributed by atoms with Crippen LogP contribution in [0.3, 0.4) is 0 Å². The van der Waals surface area contributed by atoms with Crippen molar-refractivity contribution in [3.8, 4) is 0 Å². The van der Waals surface area contributed by atoms with Gasteiger partial charge in [0.25, 0.3) is 5.69 Å². The Balaban J connectivity index is 2.62. The molecule has 0 radical (unpaired) electrons. The molecule has 0 fully saturated rings. The number of unbranched alkanes of at least 4 members (excludes halogenated alkanes) is 1. The molecule has 1 rings (SSSR count). The Kier molecular flexibility index (Phi) is 6.67. The second-order valence-electron chi connectivity index (χ2n) is 4.18. The first kappa shape index (κ1) is 15.2. The van der Waals surface area contributed by atoms with Crippen molar-refractivity contribution in [2.75, 3.05) is 37.4 Å². The molecule has 0 aliphatic rings. The Bertz CT molecular complexity index is 410. The van der Waals surface area contributed by atoms with Gasteiger partial charge in [-0.2, -0.15) is 0 Å². The third-order valence-corrected chi connectivity index (χ3v) is 2.61. The van der Waals surface area contributed by atoms with E-state index in [-0.39, 0.29) is 10.6 Å². The van der Waals surface area contributed by atoms with Crippen LogP contribution in [0.4, 0.5) is 17.1 Å². The minimum absolute atomic E-state index is 0.0952. The standard InChI is InChI=1S/C13H21N3O3/c1-3-14-11-8-12(10-13(9-11)16(17)18)15-6-4-5-7-19-2/h8-10,14-15H,3-7H2,1-2H3. The van der Waals surface area contributed by atoms with Gasteiger partial charge in [-0.15, -0.1) is 0 Å². The summed E-state index contributed by atoms with van der Waals surface area (Å²) >= 11 is 0. The molecule has 106 valence electrons. The van der Waals surface area contributed by atoms with E-state index in [4.69, 9.17) is 4.74 Å². The summed E-state index contributed by atoms with van der Waals surface area (Å²) in [4.78, 5) is 10.5. The average Bonchev–Trinajstić information content (AvgIpc) is 2.38. The maximum Gasteiger partial charge on any atom is 0.273 e. The van der Waals surface area contributed by atoms with Crippen LogP contribution < -0.4 is 10.6 Å². The summed E-state index contributed by atoms with van der Waals surface area (Å²) in [6.07, 6.45) is 1.94. The molecule has 0 saturated heterocycles. The van der Waals surface area contributed by atoms with Crippen LogP contribution in [0.1, 0.15) is 19.8 Å². The summed E-state index contributed by atoms with van der Waals surface area (Å²) in [7, 11) is 1.68. The number of nitro groups is 1. The fourth-order valence-electron chi connectivity index (χ4n) is 1.73. The first-order chi connectivity index (χ1) is 9.17. The van der Waals surface area contributed by atoms with Gasteiger partial charge in [-0.05, 0) is 25.8 Å². The summed E-state index contributed by atoms with van der Waals surface area (Å²) in [5, 5.41) is 17.1. The molecule has 0 aliphatic carbocycles. The highest BCUT2D eigenvalue weighted by atomic mass is 16.6. The Labute approximate surface area is 113 Å². The summed E-state index contributed by atoms with van der Waals surface area (Å²) in [5.41, 5.74) is 1.62. The summed E-state index contributed by atoms with van der Waals surface area (Å²) in [6.45, 7) is 4.19. The van der Waals surface area contributed by atoms with Crippen LogP contribution in [-0.2, 0) is 4.74 Å². The van der Waals surface area contributed by atoms with Crippen LogP contribution in [0.5, 0.6) is 0 Å². The number of nitrogens with zero attached hydrogens (tertiary/aromatic N) is 1. The van der Waals surface area contributed by atoms with Gasteiger partial charge in [-0.3, -0.25) is 10.1 Å². The molecule has 0 atom stereocenters. The van der Waals surface area contributed by atoms with E-state index in [1.807, 2.05) is 13.0 Å². The third-order valence-electron chi connectivity index (χ3n) is 2.61. The molecule has 0 amide bonds. The number of hydrogen-bond donors (Lipinski definition) is 2. The number of ether oxygens (including phenoxy) is 1. The monoisotopic (exact) mass is 267 g/mol. The number of non-ortho nitro benzene ring substituents is 1. The molecule has 0 bridgehead atoms. The predicted octanol–water partition coefficient (Wildman–Crippen LogP) is 2.87. The summed E-state index contributed by atoms with van der Waals surface area (Å²) in [5.74, 6) is 0. The van der Waals surface area contributed by atoms with Crippen LogP contribution >= 0.6 is 0 Å². The molecular formula is C13H21N3O3. The molecule has 0 saturated carbocycles. The number of nitrogens with one attached hydrogen (secondary N) is 2. The van der Waals surface area contributed by atoms with Crippen LogP contribution in [-0.4, -0.2) is 31.7 Å². The smallest absolute Gasteiger partial charge is 0.273 e. The highest BCUT2D eigenvalue weighted by Gasteiger charge is 2.09. The van der Waals surface area contributed by atoms with Gasteiger partial charge in [0, 0.05) is 50.3 Å². The van der Waals surface area contributed by atoms with Crippen molar-refractivity contribution >= 4 is 17.1 Å². The fraction of sp³-hybridized carbons (Fsp3) is 0.538. The molecular weight excluding hydrogens is 246 g/mol. The predicted molar refractivity (Wildman–Crippen MR) is 76.9 cm³/mol. The van der Waals surface area contributed by atoms with Gasteiger partial charge >= 0.3 is 0 Å². The van der Waals surface area contributed by atoms with Crippen molar-refractivity contribution in [3.05, 3.63) is 28.3 Å². The number of anilines is 2. The molecule has 0 unspecified atom stereocenters. The SMILES string of the molecule is CCNc1cc(NCCCCOC)cc([N+](=O)[O-])c1. The maximum atomic E-state index is 10.9. The molecule has 1 aromatic rings. The minimum Gasteiger partial charge on any atom is -0.385 e. The van der Waals surface area contributed by atoms with Gasteiger partial charge < -0.3 is 15.4 Å². The second kappa shape index (κ2) is 8.31. The molecule has 6 nitrogen and oxygen atoms in total. The Hall–Kier alpha value is -1.82. The lowest BCUT2D eigenvalue weighted by atomic mass is 10.2. The molecule has 1 aromatic carbocycles. The Morgan fingerprint density at radius 1 is 1.21 bits per heavy atom. The van der Waals surface area contributed by atoms with E-state index in [1.165, 1.54) is 0 Å². The first-order valence-corrected chi connectivity index (χ1v) is 6.43. The van der Waals surface area contributed by atoms with Crippen LogP contribution in [0.15, 0.2) is 18.2 Å². The van der Waals surface area contributed by atoms with Crippen molar-refractivity contribution in [1.82, 2.24) is 0 Å². The van der Waals surface area contributed by atoms with Crippen molar-refractivity contribution in [2.45, 2.75) is 19.8 Å². The molecule has 0 aliphatic heterocycles. The van der Waals surface area contributed by atoms with Crippen molar-refractivity contribution < 1.29 is 9.66 Å². The van der Waals surface area contributed by atoms with E-state index in [1.54, 1.807) is 19.2 Å². The van der Waals surface area contributed by atoms with E-state index >= 15 is 0 Å². The largest absolute Gasteiger partial charge is 0.385 e. The van der Waals surface area contributed by atoms with E-state index < -0.39 is 0 Å². The quantitative estimate of drug-likeness (QED) is 0.409. The second-order valence-corrected chi connectivity index (χ2v) is 4.18. The van der Waals surface area contributed by atoms with E-state index in [9.17, 15) is 10.1 Å². The number of nitro benzene ring substituents is 1. The van der Waals surface area contributed by atoms with Crippen molar-refractivity contribution in [2.24, 2.45) is 0 Å². The van der Waals surface area contributed by atoms with Gasteiger partial charge in [0.05, 0.1) is 4.92 Å². The highest BCUT2D eigenvalue weighted by molar-refractivity contribution is 5.63. The first-order valence-electron chi connectivity index (χ1n) is 6.43. The summed E-state index contributed by atoms with van der Waals surface area (Å²) < 4.78 is 4.97. The maximum absolute atomic E-state index is 10.9. The zero-order chi connectivity index (χ0) is 14.1. The zero-order valence-corrected chi connectivity index (χ0v) is 11.4. The van der Waals surface area contributed by atoms with E-state index in [2.05, 4.69) is 10.6 Å². The third kappa shape index (κ3) is 5.56. The van der Waals surface area contributed by atoms with Gasteiger partial charge in [-0.1, -0.05) is 0 Å². The van der Waals surface area contributed by atoms with Crippen LogP contribution in [0.2, 0.25) is 0 Å². The van der Waals surface area contributed by atoms with Crippen molar-refractivity contribution in [1.29, 1.82) is 0 Å². The van der Waals surface area contributed by atoms with Gasteiger partial charge in [0.2, 0.25) is 0 Å².